The third-order valence-corrected chi connectivity index (χ3v) is 3.81. The Hall–Kier alpha value is -2.01. The molecule has 0 radical (unpaired) electrons. The van der Waals surface area contributed by atoms with Gasteiger partial charge in [-0.3, -0.25) is 0 Å². The van der Waals surface area contributed by atoms with Gasteiger partial charge in [0.1, 0.15) is 5.03 Å². The molecule has 5 heteroatoms. The summed E-state index contributed by atoms with van der Waals surface area (Å²) in [5, 5.41) is 12.4. The molecule has 0 aliphatic rings. The van der Waals surface area contributed by atoms with Gasteiger partial charge in [-0.25, -0.2) is 4.98 Å². The van der Waals surface area contributed by atoms with Crippen LogP contribution in [0.5, 0.6) is 0 Å². The summed E-state index contributed by atoms with van der Waals surface area (Å²) in [6.45, 7) is 4.16. The number of hydrogen-bond donors (Lipinski definition) is 2. The molecule has 19 heavy (non-hydrogen) atoms. The van der Waals surface area contributed by atoms with Crippen LogP contribution in [0.25, 0.3) is 0 Å². The van der Waals surface area contributed by atoms with Crippen molar-refractivity contribution in [2.45, 2.75) is 23.8 Å². The number of oxime groups is 1. The summed E-state index contributed by atoms with van der Waals surface area (Å²) in [6, 6.07) is 9.97. The lowest BCUT2D eigenvalue weighted by atomic mass is 10.2. The molecule has 2 aromatic rings. The van der Waals surface area contributed by atoms with Crippen LogP contribution in [0, 0.1) is 13.8 Å². The molecular weight excluding hydrogens is 258 g/mol. The number of amidine groups is 1. The van der Waals surface area contributed by atoms with Crippen molar-refractivity contribution in [2.24, 2.45) is 10.9 Å². The van der Waals surface area contributed by atoms with E-state index < -0.39 is 0 Å². The van der Waals surface area contributed by atoms with Gasteiger partial charge in [0.25, 0.3) is 0 Å². The fourth-order valence-corrected chi connectivity index (χ4v) is 2.50. The third kappa shape index (κ3) is 3.26. The van der Waals surface area contributed by atoms with Crippen molar-refractivity contribution in [2.75, 3.05) is 0 Å². The number of aromatic nitrogens is 1. The van der Waals surface area contributed by atoms with Crippen LogP contribution in [0.1, 0.15) is 16.7 Å². The maximum atomic E-state index is 8.59. The van der Waals surface area contributed by atoms with Crippen molar-refractivity contribution in [3.63, 3.8) is 0 Å². The Morgan fingerprint density at radius 3 is 2.63 bits per heavy atom. The predicted octanol–water partition coefficient (Wildman–Crippen LogP) is 2.94. The minimum atomic E-state index is 0.0653. The highest BCUT2D eigenvalue weighted by atomic mass is 32.2. The molecule has 0 atom stereocenters. The van der Waals surface area contributed by atoms with Crippen molar-refractivity contribution in [3.8, 4) is 0 Å². The second kappa shape index (κ2) is 5.75. The number of rotatable bonds is 3. The SMILES string of the molecule is Cc1ccc(Sc2ccc(/C(N)=N/O)cn2)c(C)c1. The number of aryl methyl sites for hydroxylation is 2. The monoisotopic (exact) mass is 273 g/mol. The van der Waals surface area contributed by atoms with Crippen LogP contribution < -0.4 is 5.73 Å². The van der Waals surface area contributed by atoms with Gasteiger partial charge in [-0.2, -0.15) is 0 Å². The first kappa shape index (κ1) is 13.4. The number of pyridine rings is 1. The van der Waals surface area contributed by atoms with Gasteiger partial charge in [-0.15, -0.1) is 0 Å². The lowest BCUT2D eigenvalue weighted by Crippen LogP contribution is -2.13. The minimum Gasteiger partial charge on any atom is -0.409 e. The zero-order valence-electron chi connectivity index (χ0n) is 10.8. The van der Waals surface area contributed by atoms with Crippen molar-refractivity contribution in [3.05, 3.63) is 53.2 Å². The summed E-state index contributed by atoms with van der Waals surface area (Å²) in [6.07, 6.45) is 1.60. The molecule has 4 nitrogen and oxygen atoms in total. The van der Waals surface area contributed by atoms with Crippen LogP contribution >= 0.6 is 11.8 Å². The van der Waals surface area contributed by atoms with E-state index in [2.05, 4.69) is 42.2 Å². The van der Waals surface area contributed by atoms with E-state index in [1.165, 1.54) is 16.0 Å². The van der Waals surface area contributed by atoms with Gasteiger partial charge in [-0.05, 0) is 37.6 Å². The van der Waals surface area contributed by atoms with Crippen LogP contribution in [0.3, 0.4) is 0 Å². The molecule has 1 heterocycles. The summed E-state index contributed by atoms with van der Waals surface area (Å²) in [5.41, 5.74) is 8.57. The Balaban J connectivity index is 2.20. The third-order valence-electron chi connectivity index (χ3n) is 2.68. The van der Waals surface area contributed by atoms with Crippen molar-refractivity contribution in [1.29, 1.82) is 0 Å². The molecule has 2 rings (SSSR count). The average Bonchev–Trinajstić information content (AvgIpc) is 2.42. The van der Waals surface area contributed by atoms with Crippen molar-refractivity contribution in [1.82, 2.24) is 4.98 Å². The Kier molecular flexibility index (Phi) is 4.06. The molecule has 0 unspecified atom stereocenters. The molecule has 0 amide bonds. The normalized spacial score (nSPS) is 11.6. The lowest BCUT2D eigenvalue weighted by Gasteiger charge is -2.06. The summed E-state index contributed by atoms with van der Waals surface area (Å²) in [7, 11) is 0. The first-order chi connectivity index (χ1) is 9.10. The van der Waals surface area contributed by atoms with Crippen LogP contribution in [-0.4, -0.2) is 16.0 Å². The molecule has 0 spiro atoms. The predicted molar refractivity (Wildman–Crippen MR) is 76.8 cm³/mol. The van der Waals surface area contributed by atoms with E-state index in [-0.39, 0.29) is 5.84 Å². The topological polar surface area (TPSA) is 71.5 Å². The minimum absolute atomic E-state index is 0.0653. The molecule has 1 aromatic heterocycles. The average molecular weight is 273 g/mol. The van der Waals surface area contributed by atoms with Crippen molar-refractivity contribution < 1.29 is 5.21 Å². The highest BCUT2D eigenvalue weighted by Crippen LogP contribution is 2.29. The Morgan fingerprint density at radius 2 is 2.05 bits per heavy atom. The zero-order chi connectivity index (χ0) is 13.8. The molecule has 98 valence electrons. The summed E-state index contributed by atoms with van der Waals surface area (Å²) < 4.78 is 0. The van der Waals surface area contributed by atoms with Gasteiger partial charge in [0.2, 0.25) is 0 Å². The van der Waals surface area contributed by atoms with Crippen LogP contribution in [-0.2, 0) is 0 Å². The fraction of sp³-hybridized carbons (Fsp3) is 0.143. The molecule has 0 saturated heterocycles. The van der Waals surface area contributed by atoms with E-state index in [9.17, 15) is 0 Å². The maximum Gasteiger partial charge on any atom is 0.171 e. The molecule has 0 saturated carbocycles. The van der Waals surface area contributed by atoms with Crippen LogP contribution in [0.4, 0.5) is 0 Å². The lowest BCUT2D eigenvalue weighted by molar-refractivity contribution is 0.318. The van der Waals surface area contributed by atoms with E-state index in [1.807, 2.05) is 6.07 Å². The standard InChI is InChI=1S/C14H15N3OS/c1-9-3-5-12(10(2)7-9)19-13-6-4-11(8-16-13)14(15)17-18/h3-8,18H,1-2H3,(H2,15,17). The van der Waals surface area contributed by atoms with E-state index in [4.69, 9.17) is 10.9 Å². The molecular formula is C14H15N3OS. The summed E-state index contributed by atoms with van der Waals surface area (Å²) >= 11 is 1.60. The van der Waals surface area contributed by atoms with E-state index in [1.54, 1.807) is 24.0 Å². The largest absolute Gasteiger partial charge is 0.409 e. The Morgan fingerprint density at radius 1 is 1.26 bits per heavy atom. The number of nitrogens with zero attached hydrogens (tertiary/aromatic N) is 2. The van der Waals surface area contributed by atoms with Crippen LogP contribution in [0.2, 0.25) is 0 Å². The second-order valence-corrected chi connectivity index (χ2v) is 5.30. The highest BCUT2D eigenvalue weighted by Gasteiger charge is 2.04. The summed E-state index contributed by atoms with van der Waals surface area (Å²) in [4.78, 5) is 5.47. The van der Waals surface area contributed by atoms with E-state index >= 15 is 0 Å². The first-order valence-corrected chi connectivity index (χ1v) is 6.61. The molecule has 0 aliphatic carbocycles. The van der Waals surface area contributed by atoms with Gasteiger partial charge in [0.05, 0.1) is 0 Å². The molecule has 1 aromatic carbocycles. The van der Waals surface area contributed by atoms with E-state index in [0.29, 0.717) is 5.56 Å². The fourth-order valence-electron chi connectivity index (χ4n) is 1.68. The maximum absolute atomic E-state index is 8.59. The van der Waals surface area contributed by atoms with Gasteiger partial charge in [0.15, 0.2) is 5.84 Å². The van der Waals surface area contributed by atoms with Gasteiger partial charge in [-0.1, -0.05) is 34.6 Å². The molecule has 3 N–H and O–H groups in total. The summed E-state index contributed by atoms with van der Waals surface area (Å²) in [5.74, 6) is 0.0653. The molecule has 0 aliphatic heterocycles. The Labute approximate surface area is 116 Å². The highest BCUT2D eigenvalue weighted by molar-refractivity contribution is 7.99. The smallest absolute Gasteiger partial charge is 0.171 e. The first-order valence-electron chi connectivity index (χ1n) is 5.79. The van der Waals surface area contributed by atoms with Gasteiger partial charge >= 0.3 is 0 Å². The second-order valence-electron chi connectivity index (χ2n) is 4.24. The molecule has 0 fully saturated rings. The van der Waals surface area contributed by atoms with Crippen LogP contribution in [0.15, 0.2) is 51.6 Å². The van der Waals surface area contributed by atoms with Gasteiger partial charge in [0, 0.05) is 16.7 Å². The number of hydrogen-bond acceptors (Lipinski definition) is 4. The molecule has 0 bridgehead atoms. The number of benzene rings is 1. The number of nitrogens with two attached hydrogens (primary N) is 1. The van der Waals surface area contributed by atoms with Crippen molar-refractivity contribution >= 4 is 17.6 Å². The van der Waals surface area contributed by atoms with E-state index in [0.717, 1.165) is 5.03 Å². The Bertz CT molecular complexity index is 609. The quantitative estimate of drug-likeness (QED) is 0.390. The van der Waals surface area contributed by atoms with Gasteiger partial charge < -0.3 is 10.9 Å². The zero-order valence-corrected chi connectivity index (χ0v) is 11.6.